The average molecular weight is 393 g/mol. The van der Waals surface area contributed by atoms with Crippen molar-refractivity contribution in [2.24, 2.45) is 0 Å². The van der Waals surface area contributed by atoms with E-state index in [0.717, 1.165) is 17.7 Å². The number of thiocarbonyl (C=S) groups is 1. The molecule has 1 aliphatic heterocycles. The van der Waals surface area contributed by atoms with Gasteiger partial charge < -0.3 is 14.8 Å². The lowest BCUT2D eigenvalue weighted by Gasteiger charge is -2.12. The molecule has 4 nitrogen and oxygen atoms in total. The van der Waals surface area contributed by atoms with Crippen molar-refractivity contribution in [3.63, 3.8) is 0 Å². The summed E-state index contributed by atoms with van der Waals surface area (Å²) in [5.74, 6) is -1.22. The molecule has 1 saturated heterocycles. The van der Waals surface area contributed by atoms with Gasteiger partial charge in [0, 0.05) is 11.6 Å². The van der Waals surface area contributed by atoms with E-state index in [4.69, 9.17) is 21.7 Å². The SMILES string of the molecule is COc1ccc(C=C2SC(=S)NC2=O)cc1COc1ccc(F)cc1F. The van der Waals surface area contributed by atoms with Crippen LogP contribution >= 0.6 is 24.0 Å². The topological polar surface area (TPSA) is 47.6 Å². The molecule has 134 valence electrons. The molecule has 0 atom stereocenters. The number of halogens is 2. The first kappa shape index (κ1) is 18.3. The van der Waals surface area contributed by atoms with Gasteiger partial charge in [-0.15, -0.1) is 0 Å². The van der Waals surface area contributed by atoms with E-state index in [1.807, 2.05) is 0 Å². The van der Waals surface area contributed by atoms with E-state index in [1.54, 1.807) is 24.3 Å². The molecule has 0 radical (unpaired) electrons. The number of carbonyl (C=O) groups excluding carboxylic acids is 1. The van der Waals surface area contributed by atoms with Gasteiger partial charge >= 0.3 is 0 Å². The minimum Gasteiger partial charge on any atom is -0.496 e. The molecule has 3 rings (SSSR count). The highest BCUT2D eigenvalue weighted by Crippen LogP contribution is 2.29. The molecule has 0 aromatic heterocycles. The molecule has 0 saturated carbocycles. The van der Waals surface area contributed by atoms with Crippen LogP contribution in [0.5, 0.6) is 11.5 Å². The van der Waals surface area contributed by atoms with Crippen molar-refractivity contribution < 1.29 is 23.0 Å². The molecule has 1 heterocycles. The van der Waals surface area contributed by atoms with Gasteiger partial charge in [-0.25, -0.2) is 8.78 Å². The normalized spacial score (nSPS) is 15.3. The number of hydrogen-bond donors (Lipinski definition) is 1. The van der Waals surface area contributed by atoms with Crippen molar-refractivity contribution in [3.8, 4) is 11.5 Å². The van der Waals surface area contributed by atoms with Crippen molar-refractivity contribution in [2.45, 2.75) is 6.61 Å². The van der Waals surface area contributed by atoms with Crippen LogP contribution in [-0.4, -0.2) is 17.3 Å². The quantitative estimate of drug-likeness (QED) is 0.614. The Labute approximate surface area is 158 Å². The predicted octanol–water partition coefficient (Wildman–Crippen LogP) is 4.04. The van der Waals surface area contributed by atoms with Gasteiger partial charge in [0.2, 0.25) is 0 Å². The number of rotatable bonds is 5. The molecule has 2 aromatic rings. The van der Waals surface area contributed by atoms with Gasteiger partial charge in [0.15, 0.2) is 11.6 Å². The first-order chi connectivity index (χ1) is 12.5. The summed E-state index contributed by atoms with van der Waals surface area (Å²) in [6, 6.07) is 8.37. The van der Waals surface area contributed by atoms with Crippen LogP contribution in [0.3, 0.4) is 0 Å². The maximum Gasteiger partial charge on any atom is 0.263 e. The van der Waals surface area contributed by atoms with Crippen LogP contribution in [0.25, 0.3) is 6.08 Å². The Kier molecular flexibility index (Phi) is 5.53. The lowest BCUT2D eigenvalue weighted by Crippen LogP contribution is -2.17. The van der Waals surface area contributed by atoms with E-state index in [9.17, 15) is 13.6 Å². The van der Waals surface area contributed by atoms with Gasteiger partial charge in [0.1, 0.15) is 22.5 Å². The smallest absolute Gasteiger partial charge is 0.263 e. The number of methoxy groups -OCH3 is 1. The average Bonchev–Trinajstić information content (AvgIpc) is 2.91. The highest BCUT2D eigenvalue weighted by atomic mass is 32.2. The van der Waals surface area contributed by atoms with Gasteiger partial charge in [-0.2, -0.15) is 0 Å². The van der Waals surface area contributed by atoms with Gasteiger partial charge in [0.25, 0.3) is 5.91 Å². The van der Waals surface area contributed by atoms with Gasteiger partial charge in [-0.3, -0.25) is 4.79 Å². The second kappa shape index (κ2) is 7.84. The van der Waals surface area contributed by atoms with Gasteiger partial charge in [-0.1, -0.05) is 30.0 Å². The van der Waals surface area contributed by atoms with Crippen LogP contribution in [0, 0.1) is 11.6 Å². The zero-order valence-corrected chi connectivity index (χ0v) is 15.2. The van der Waals surface area contributed by atoms with Gasteiger partial charge in [0.05, 0.1) is 12.0 Å². The Bertz CT molecular complexity index is 915. The Hall–Kier alpha value is -2.45. The molecule has 0 spiro atoms. The molecule has 0 aliphatic carbocycles. The number of amides is 1. The fourth-order valence-electron chi connectivity index (χ4n) is 2.32. The molecule has 1 fully saturated rings. The predicted molar refractivity (Wildman–Crippen MR) is 100.0 cm³/mol. The lowest BCUT2D eigenvalue weighted by molar-refractivity contribution is -0.115. The first-order valence-electron chi connectivity index (χ1n) is 7.46. The third-order valence-corrected chi connectivity index (χ3v) is 4.68. The van der Waals surface area contributed by atoms with Crippen LogP contribution in [0.2, 0.25) is 0 Å². The van der Waals surface area contributed by atoms with Gasteiger partial charge in [-0.05, 0) is 35.9 Å². The first-order valence-corrected chi connectivity index (χ1v) is 8.68. The molecule has 0 bridgehead atoms. The molecule has 1 amide bonds. The Balaban J connectivity index is 1.83. The fraction of sp³-hybridized carbons (Fsp3) is 0.111. The molecule has 2 aromatic carbocycles. The largest absolute Gasteiger partial charge is 0.496 e. The molecule has 26 heavy (non-hydrogen) atoms. The molecular formula is C18H13F2NO3S2. The molecule has 0 unspecified atom stereocenters. The van der Waals surface area contributed by atoms with Crippen LogP contribution in [0.15, 0.2) is 41.3 Å². The molecule has 1 N–H and O–H groups in total. The third-order valence-electron chi connectivity index (χ3n) is 3.52. The maximum atomic E-state index is 13.7. The van der Waals surface area contributed by atoms with E-state index in [1.165, 1.54) is 24.9 Å². The lowest BCUT2D eigenvalue weighted by atomic mass is 10.1. The summed E-state index contributed by atoms with van der Waals surface area (Å²) >= 11 is 6.14. The standard InChI is InChI=1S/C18H13F2NO3S2/c1-23-14-4-2-10(7-16-17(22)21-18(25)26-16)6-11(14)9-24-15-5-3-12(19)8-13(15)20/h2-8H,9H2,1H3,(H,21,22,25). The second-order valence-electron chi connectivity index (χ2n) is 5.29. The number of carbonyl (C=O) groups is 1. The van der Waals surface area contributed by atoms with Crippen molar-refractivity contribution >= 4 is 40.3 Å². The highest BCUT2D eigenvalue weighted by molar-refractivity contribution is 8.26. The van der Waals surface area contributed by atoms with Crippen molar-refractivity contribution in [3.05, 3.63) is 64.1 Å². The zero-order valence-electron chi connectivity index (χ0n) is 13.5. The summed E-state index contributed by atoms with van der Waals surface area (Å²) in [4.78, 5) is 12.2. The van der Waals surface area contributed by atoms with E-state index in [-0.39, 0.29) is 18.3 Å². The van der Waals surface area contributed by atoms with Crippen molar-refractivity contribution in [1.82, 2.24) is 5.32 Å². The van der Waals surface area contributed by atoms with Crippen LogP contribution < -0.4 is 14.8 Å². The number of ether oxygens (including phenoxy) is 2. The zero-order chi connectivity index (χ0) is 18.7. The van der Waals surface area contributed by atoms with Crippen LogP contribution in [0.4, 0.5) is 8.78 Å². The summed E-state index contributed by atoms with van der Waals surface area (Å²) in [5.41, 5.74) is 1.39. The van der Waals surface area contributed by atoms with E-state index >= 15 is 0 Å². The van der Waals surface area contributed by atoms with Crippen LogP contribution in [-0.2, 0) is 11.4 Å². The number of hydrogen-bond acceptors (Lipinski definition) is 5. The number of thioether (sulfide) groups is 1. The van der Waals surface area contributed by atoms with Crippen molar-refractivity contribution in [2.75, 3.05) is 7.11 Å². The molecule has 8 heteroatoms. The number of nitrogens with one attached hydrogen (secondary N) is 1. The Morgan fingerprint density at radius 1 is 1.19 bits per heavy atom. The monoisotopic (exact) mass is 393 g/mol. The van der Waals surface area contributed by atoms with Crippen LogP contribution in [0.1, 0.15) is 11.1 Å². The maximum absolute atomic E-state index is 13.7. The Morgan fingerprint density at radius 2 is 1.96 bits per heavy atom. The Morgan fingerprint density at radius 3 is 2.62 bits per heavy atom. The summed E-state index contributed by atoms with van der Waals surface area (Å²) in [6.07, 6.45) is 1.70. The summed E-state index contributed by atoms with van der Waals surface area (Å²) in [6.45, 7) is 0.0144. The number of benzene rings is 2. The second-order valence-corrected chi connectivity index (χ2v) is 7.01. The minimum absolute atomic E-state index is 0.0144. The molecule has 1 aliphatic rings. The van der Waals surface area contributed by atoms with E-state index in [0.29, 0.717) is 20.5 Å². The third kappa shape index (κ3) is 4.20. The summed E-state index contributed by atoms with van der Waals surface area (Å²) in [5, 5.41) is 2.55. The fourth-order valence-corrected chi connectivity index (χ4v) is 3.37. The minimum atomic E-state index is -0.783. The van der Waals surface area contributed by atoms with Crippen molar-refractivity contribution in [1.29, 1.82) is 0 Å². The summed E-state index contributed by atoms with van der Waals surface area (Å²) in [7, 11) is 1.51. The van der Waals surface area contributed by atoms with E-state index < -0.39 is 11.6 Å². The highest BCUT2D eigenvalue weighted by Gasteiger charge is 2.22. The summed E-state index contributed by atoms with van der Waals surface area (Å²) < 4.78 is 37.8. The van der Waals surface area contributed by atoms with E-state index in [2.05, 4.69) is 5.32 Å². The molecular weight excluding hydrogens is 380 g/mol.